The van der Waals surface area contributed by atoms with Gasteiger partial charge in [0.2, 0.25) is 0 Å². The minimum absolute atomic E-state index is 0.159. The first-order valence-corrected chi connectivity index (χ1v) is 8.08. The van der Waals surface area contributed by atoms with Gasteiger partial charge in [-0.25, -0.2) is 0 Å². The van der Waals surface area contributed by atoms with Crippen molar-refractivity contribution in [2.45, 2.75) is 45.7 Å². The van der Waals surface area contributed by atoms with Gasteiger partial charge in [0.15, 0.2) is 0 Å². The second-order valence-corrected chi connectivity index (χ2v) is 6.90. The molecule has 0 saturated heterocycles. The topological polar surface area (TPSA) is 32.3 Å². The molecule has 0 aliphatic heterocycles. The van der Waals surface area contributed by atoms with Gasteiger partial charge in [-0.3, -0.25) is 0 Å². The predicted octanol–water partition coefficient (Wildman–Crippen LogP) is 4.10. The lowest BCUT2D eigenvalue weighted by Gasteiger charge is -2.15. The van der Waals surface area contributed by atoms with E-state index in [9.17, 15) is 5.11 Å². The molecule has 1 aliphatic rings. The van der Waals surface area contributed by atoms with Crippen LogP contribution >= 0.6 is 11.3 Å². The van der Waals surface area contributed by atoms with E-state index < -0.39 is 0 Å². The molecule has 1 aromatic heterocycles. The highest BCUT2D eigenvalue weighted by Gasteiger charge is 2.15. The normalized spacial score (nSPS) is 15.3. The van der Waals surface area contributed by atoms with Crippen LogP contribution in [0.1, 0.15) is 45.8 Å². The summed E-state index contributed by atoms with van der Waals surface area (Å²) in [4.78, 5) is 2.99. The third-order valence-corrected chi connectivity index (χ3v) is 5.27. The molecule has 2 nitrogen and oxygen atoms in total. The Morgan fingerprint density at radius 1 is 1.30 bits per heavy atom. The molecule has 106 valence electrons. The monoisotopic (exact) mass is 287 g/mol. The minimum atomic E-state index is 0.159. The zero-order chi connectivity index (χ0) is 14.1. The molecule has 0 saturated carbocycles. The zero-order valence-electron chi connectivity index (χ0n) is 12.1. The predicted molar refractivity (Wildman–Crippen MR) is 84.4 cm³/mol. The number of hydrogen-bond acceptors (Lipinski definition) is 3. The van der Waals surface area contributed by atoms with E-state index in [1.165, 1.54) is 29.7 Å². The standard InChI is InChI=1S/C17H21NOS/c1-11-6-7-16(19)15(8-11)12(2)18-10-14-9-13-4-3-5-17(13)20-14/h6-9,12,18-19H,3-5,10H2,1-2H3. The highest BCUT2D eigenvalue weighted by molar-refractivity contribution is 7.12. The third kappa shape index (κ3) is 2.74. The summed E-state index contributed by atoms with van der Waals surface area (Å²) in [5.74, 6) is 0.379. The van der Waals surface area contributed by atoms with Crippen molar-refractivity contribution < 1.29 is 5.11 Å². The first kappa shape index (κ1) is 13.7. The average Bonchev–Trinajstić information content (AvgIpc) is 2.99. The molecule has 2 N–H and O–H groups in total. The summed E-state index contributed by atoms with van der Waals surface area (Å²) in [7, 11) is 0. The van der Waals surface area contributed by atoms with E-state index in [2.05, 4.69) is 31.3 Å². The molecular formula is C17H21NOS. The number of hydrogen-bond donors (Lipinski definition) is 2. The Labute approximate surface area is 124 Å². The van der Waals surface area contributed by atoms with Crippen LogP contribution in [0.4, 0.5) is 0 Å². The molecule has 2 aromatic rings. The molecular weight excluding hydrogens is 266 g/mol. The van der Waals surface area contributed by atoms with Crippen LogP contribution in [0.5, 0.6) is 5.75 Å². The van der Waals surface area contributed by atoms with Crippen LogP contribution in [0, 0.1) is 6.92 Å². The lowest BCUT2D eigenvalue weighted by atomic mass is 10.0. The quantitative estimate of drug-likeness (QED) is 0.887. The fourth-order valence-electron chi connectivity index (χ4n) is 2.86. The number of rotatable bonds is 4. The molecule has 0 radical (unpaired) electrons. The van der Waals surface area contributed by atoms with E-state index in [1.54, 1.807) is 16.5 Å². The fraction of sp³-hybridized carbons (Fsp3) is 0.412. The lowest BCUT2D eigenvalue weighted by molar-refractivity contribution is 0.452. The van der Waals surface area contributed by atoms with Gasteiger partial charge in [0, 0.05) is 27.9 Å². The number of phenolic OH excluding ortho intramolecular Hbond substituents is 1. The Kier molecular flexibility index (Phi) is 3.81. The average molecular weight is 287 g/mol. The highest BCUT2D eigenvalue weighted by Crippen LogP contribution is 2.31. The van der Waals surface area contributed by atoms with Crippen molar-refractivity contribution in [2.24, 2.45) is 0 Å². The van der Waals surface area contributed by atoms with Crippen molar-refractivity contribution in [3.8, 4) is 5.75 Å². The summed E-state index contributed by atoms with van der Waals surface area (Å²) in [6.07, 6.45) is 3.83. The van der Waals surface area contributed by atoms with Gasteiger partial charge in [-0.15, -0.1) is 11.3 Å². The van der Waals surface area contributed by atoms with Crippen molar-refractivity contribution in [1.29, 1.82) is 0 Å². The van der Waals surface area contributed by atoms with Gasteiger partial charge < -0.3 is 10.4 Å². The van der Waals surface area contributed by atoms with Crippen LogP contribution in [0.25, 0.3) is 0 Å². The Morgan fingerprint density at radius 2 is 2.15 bits per heavy atom. The van der Waals surface area contributed by atoms with E-state index >= 15 is 0 Å². The van der Waals surface area contributed by atoms with Crippen LogP contribution in [0.15, 0.2) is 24.3 Å². The largest absolute Gasteiger partial charge is 0.508 e. The first-order valence-electron chi connectivity index (χ1n) is 7.27. The Hall–Kier alpha value is -1.32. The summed E-state index contributed by atoms with van der Waals surface area (Å²) in [5.41, 5.74) is 3.72. The maximum atomic E-state index is 9.96. The van der Waals surface area contributed by atoms with Gasteiger partial charge in [0.1, 0.15) is 5.75 Å². The molecule has 0 fully saturated rings. The maximum absolute atomic E-state index is 9.96. The van der Waals surface area contributed by atoms with Crippen molar-refractivity contribution in [2.75, 3.05) is 0 Å². The molecule has 20 heavy (non-hydrogen) atoms. The fourth-order valence-corrected chi connectivity index (χ4v) is 4.07. The second-order valence-electron chi connectivity index (χ2n) is 5.68. The third-order valence-electron chi connectivity index (χ3n) is 4.03. The zero-order valence-corrected chi connectivity index (χ0v) is 12.9. The maximum Gasteiger partial charge on any atom is 0.120 e. The number of thiophene rings is 1. The number of nitrogens with one attached hydrogen (secondary N) is 1. The molecule has 1 unspecified atom stereocenters. The van der Waals surface area contributed by atoms with Crippen molar-refractivity contribution in [3.63, 3.8) is 0 Å². The van der Waals surface area contributed by atoms with Gasteiger partial charge in [0.25, 0.3) is 0 Å². The van der Waals surface area contributed by atoms with E-state index in [0.717, 1.165) is 12.1 Å². The lowest BCUT2D eigenvalue weighted by Crippen LogP contribution is -2.17. The van der Waals surface area contributed by atoms with E-state index in [1.807, 2.05) is 17.4 Å². The Balaban J connectivity index is 1.66. The van der Waals surface area contributed by atoms with E-state index in [4.69, 9.17) is 0 Å². The van der Waals surface area contributed by atoms with E-state index in [0.29, 0.717) is 5.75 Å². The molecule has 0 amide bonds. The molecule has 1 aromatic carbocycles. The number of phenols is 1. The minimum Gasteiger partial charge on any atom is -0.508 e. The second kappa shape index (κ2) is 5.58. The van der Waals surface area contributed by atoms with Crippen LogP contribution in [-0.2, 0) is 19.4 Å². The first-order chi connectivity index (χ1) is 9.63. The van der Waals surface area contributed by atoms with Crippen LogP contribution in [-0.4, -0.2) is 5.11 Å². The highest BCUT2D eigenvalue weighted by atomic mass is 32.1. The van der Waals surface area contributed by atoms with Crippen molar-refractivity contribution >= 4 is 11.3 Å². The van der Waals surface area contributed by atoms with E-state index in [-0.39, 0.29) is 6.04 Å². The van der Waals surface area contributed by atoms with Gasteiger partial charge in [-0.05, 0) is 50.8 Å². The molecule has 0 spiro atoms. The number of fused-ring (bicyclic) bond motifs is 1. The number of aryl methyl sites for hydroxylation is 3. The van der Waals surface area contributed by atoms with Gasteiger partial charge in [0.05, 0.1) is 0 Å². The smallest absolute Gasteiger partial charge is 0.120 e. The summed E-state index contributed by atoms with van der Waals surface area (Å²) < 4.78 is 0. The van der Waals surface area contributed by atoms with Crippen LogP contribution < -0.4 is 5.32 Å². The summed E-state index contributed by atoms with van der Waals surface area (Å²) in [6.45, 7) is 5.04. The molecule has 1 heterocycles. The van der Waals surface area contributed by atoms with Gasteiger partial charge in [-0.1, -0.05) is 17.7 Å². The SMILES string of the molecule is Cc1ccc(O)c(C(C)NCc2cc3c(s2)CCC3)c1. The number of benzene rings is 1. The molecule has 3 rings (SSSR count). The molecule has 0 bridgehead atoms. The van der Waals surface area contributed by atoms with Gasteiger partial charge >= 0.3 is 0 Å². The molecule has 1 atom stereocenters. The Bertz CT molecular complexity index is 596. The molecule has 3 heteroatoms. The summed E-state index contributed by atoms with van der Waals surface area (Å²) in [6, 6.07) is 8.29. The number of aromatic hydroxyl groups is 1. The summed E-state index contributed by atoms with van der Waals surface area (Å²) >= 11 is 1.94. The van der Waals surface area contributed by atoms with Crippen molar-refractivity contribution in [1.82, 2.24) is 5.32 Å². The van der Waals surface area contributed by atoms with Crippen LogP contribution in [0.3, 0.4) is 0 Å². The van der Waals surface area contributed by atoms with Crippen LogP contribution in [0.2, 0.25) is 0 Å². The van der Waals surface area contributed by atoms with Crippen molar-refractivity contribution in [3.05, 3.63) is 50.7 Å². The molecule has 1 aliphatic carbocycles. The summed E-state index contributed by atoms with van der Waals surface area (Å²) in [5, 5.41) is 13.5. The van der Waals surface area contributed by atoms with Gasteiger partial charge in [-0.2, -0.15) is 0 Å². The Morgan fingerprint density at radius 3 is 2.95 bits per heavy atom.